The van der Waals surface area contributed by atoms with Gasteiger partial charge in [0.25, 0.3) is 0 Å². The van der Waals surface area contributed by atoms with E-state index in [2.05, 4.69) is 15.3 Å². The van der Waals surface area contributed by atoms with Crippen LogP contribution < -0.4 is 5.48 Å². The number of nitrogens with zero attached hydrogens (tertiary/aromatic N) is 1. The Morgan fingerprint density at radius 1 is 2.00 bits per heavy atom. The lowest BCUT2D eigenvalue weighted by molar-refractivity contribution is 0.117. The van der Waals surface area contributed by atoms with Gasteiger partial charge in [-0.15, -0.1) is 0 Å². The molecule has 0 atom stereocenters. The molecule has 1 aliphatic rings. The van der Waals surface area contributed by atoms with E-state index in [4.69, 9.17) is 0 Å². The predicted molar refractivity (Wildman–Crippen MR) is 17.6 cm³/mol. The molecular formula is C2H4N2O. The maximum Gasteiger partial charge on any atom is 0.166 e. The normalized spacial score (nSPS) is 19.2. The predicted octanol–water partition coefficient (Wildman–Crippen LogP) is -0.493. The van der Waals surface area contributed by atoms with Crippen LogP contribution in [-0.4, -0.2) is 13.1 Å². The van der Waals surface area contributed by atoms with Crippen molar-refractivity contribution in [2.24, 2.45) is 4.99 Å². The second-order valence-electron chi connectivity index (χ2n) is 0.703. The smallest absolute Gasteiger partial charge is 0.166 e. The van der Waals surface area contributed by atoms with Crippen molar-refractivity contribution in [2.45, 2.75) is 0 Å². The fraction of sp³-hybridized carbons (Fsp3) is 0.500. The first-order valence-corrected chi connectivity index (χ1v) is 1.36. The molecule has 0 radical (unpaired) electrons. The Hall–Kier alpha value is -0.570. The molecule has 0 saturated heterocycles. The van der Waals surface area contributed by atoms with E-state index in [1.165, 1.54) is 6.34 Å². The summed E-state index contributed by atoms with van der Waals surface area (Å²) in [5.74, 6) is 0. The van der Waals surface area contributed by atoms with Crippen LogP contribution in [0.3, 0.4) is 0 Å². The highest BCUT2D eigenvalue weighted by molar-refractivity contribution is 5.53. The second kappa shape index (κ2) is 1.03. The summed E-state index contributed by atoms with van der Waals surface area (Å²) in [7, 11) is 0. The minimum Gasteiger partial charge on any atom is -0.254 e. The zero-order chi connectivity index (χ0) is 3.54. The molecule has 3 heteroatoms. The minimum absolute atomic E-state index is 0.458. The van der Waals surface area contributed by atoms with E-state index in [1.54, 1.807) is 0 Å². The maximum atomic E-state index is 4.47. The zero-order valence-electron chi connectivity index (χ0n) is 2.64. The van der Waals surface area contributed by atoms with Gasteiger partial charge in [0.1, 0.15) is 6.34 Å². The molecular weight excluding hydrogens is 68.0 g/mol. The third kappa shape index (κ3) is 0.357. The summed E-state index contributed by atoms with van der Waals surface area (Å²) in [6, 6.07) is 0. The molecule has 28 valence electrons. The molecule has 0 aromatic carbocycles. The standard InChI is InChI=1S/C2H4N2O/c1-3-2-5-4-1/h1H,2H2,(H,3,4). The lowest BCUT2D eigenvalue weighted by Gasteiger charge is -1.79. The Balaban J connectivity index is 2.32. The lowest BCUT2D eigenvalue weighted by Crippen LogP contribution is -2.01. The van der Waals surface area contributed by atoms with Crippen molar-refractivity contribution in [3.8, 4) is 0 Å². The molecule has 1 aliphatic heterocycles. The van der Waals surface area contributed by atoms with Gasteiger partial charge in [0.15, 0.2) is 6.73 Å². The van der Waals surface area contributed by atoms with Gasteiger partial charge in [0.2, 0.25) is 0 Å². The van der Waals surface area contributed by atoms with Crippen molar-refractivity contribution in [3.05, 3.63) is 0 Å². The van der Waals surface area contributed by atoms with Gasteiger partial charge in [-0.3, -0.25) is 10.3 Å². The van der Waals surface area contributed by atoms with E-state index in [1.807, 2.05) is 0 Å². The second-order valence-corrected chi connectivity index (χ2v) is 0.703. The van der Waals surface area contributed by atoms with Gasteiger partial charge in [-0.1, -0.05) is 0 Å². The molecule has 1 heterocycles. The SMILES string of the molecule is C1=NCON1. The average molecular weight is 72.1 g/mol. The Labute approximate surface area is 29.6 Å². The summed E-state index contributed by atoms with van der Waals surface area (Å²) < 4.78 is 0. The Morgan fingerprint density at radius 3 is 3.20 bits per heavy atom. The van der Waals surface area contributed by atoms with Crippen molar-refractivity contribution >= 4 is 6.34 Å². The Morgan fingerprint density at radius 2 is 3.00 bits per heavy atom. The molecule has 0 unspecified atom stereocenters. The summed E-state index contributed by atoms with van der Waals surface area (Å²) in [6.45, 7) is 0.458. The van der Waals surface area contributed by atoms with E-state index in [0.717, 1.165) is 0 Å². The number of hydroxylamine groups is 1. The first kappa shape index (κ1) is 2.66. The largest absolute Gasteiger partial charge is 0.254 e. The lowest BCUT2D eigenvalue weighted by atomic mass is 11.3. The molecule has 0 saturated carbocycles. The summed E-state index contributed by atoms with van der Waals surface area (Å²) in [4.78, 5) is 8.10. The van der Waals surface area contributed by atoms with E-state index in [-0.39, 0.29) is 0 Å². The first-order valence-electron chi connectivity index (χ1n) is 1.36. The maximum absolute atomic E-state index is 4.47. The summed E-state index contributed by atoms with van der Waals surface area (Å²) in [6.07, 6.45) is 1.51. The highest BCUT2D eigenvalue weighted by atomic mass is 16.7. The Bertz CT molecular complexity index is 45.6. The van der Waals surface area contributed by atoms with E-state index < -0.39 is 0 Å². The number of rotatable bonds is 0. The van der Waals surface area contributed by atoms with Crippen LogP contribution in [0, 0.1) is 0 Å². The van der Waals surface area contributed by atoms with Crippen molar-refractivity contribution in [2.75, 3.05) is 6.73 Å². The van der Waals surface area contributed by atoms with Crippen LogP contribution >= 0.6 is 0 Å². The van der Waals surface area contributed by atoms with Gasteiger partial charge in [-0.05, 0) is 0 Å². The van der Waals surface area contributed by atoms with Crippen LogP contribution in [0.2, 0.25) is 0 Å². The van der Waals surface area contributed by atoms with Gasteiger partial charge in [-0.2, -0.15) is 0 Å². The van der Waals surface area contributed by atoms with Crippen molar-refractivity contribution in [1.82, 2.24) is 5.48 Å². The van der Waals surface area contributed by atoms with Gasteiger partial charge in [0.05, 0.1) is 0 Å². The van der Waals surface area contributed by atoms with Gasteiger partial charge < -0.3 is 0 Å². The molecule has 0 amide bonds. The molecule has 0 spiro atoms. The van der Waals surface area contributed by atoms with E-state index in [0.29, 0.717) is 6.73 Å². The summed E-state index contributed by atoms with van der Waals surface area (Å²) in [5, 5.41) is 0. The third-order valence-corrected chi connectivity index (χ3v) is 0.366. The quantitative estimate of drug-likeness (QED) is 0.419. The third-order valence-electron chi connectivity index (χ3n) is 0.366. The molecule has 0 fully saturated rings. The zero-order valence-corrected chi connectivity index (χ0v) is 2.64. The number of hydrogen-bond donors (Lipinski definition) is 1. The van der Waals surface area contributed by atoms with E-state index in [9.17, 15) is 0 Å². The van der Waals surface area contributed by atoms with Crippen LogP contribution in [-0.2, 0) is 4.84 Å². The van der Waals surface area contributed by atoms with Crippen molar-refractivity contribution in [3.63, 3.8) is 0 Å². The van der Waals surface area contributed by atoms with Crippen molar-refractivity contribution in [1.29, 1.82) is 0 Å². The van der Waals surface area contributed by atoms with Crippen LogP contribution in [0.1, 0.15) is 0 Å². The fourth-order valence-corrected chi connectivity index (χ4v) is 0.186. The summed E-state index contributed by atoms with van der Waals surface area (Å²) in [5.41, 5.74) is 2.43. The molecule has 0 aromatic rings. The topological polar surface area (TPSA) is 33.6 Å². The van der Waals surface area contributed by atoms with Crippen LogP contribution in [0.5, 0.6) is 0 Å². The average Bonchev–Trinajstić information content (AvgIpc) is 1.76. The summed E-state index contributed by atoms with van der Waals surface area (Å²) >= 11 is 0. The van der Waals surface area contributed by atoms with Gasteiger partial charge in [-0.25, -0.2) is 4.99 Å². The van der Waals surface area contributed by atoms with E-state index >= 15 is 0 Å². The number of nitrogens with one attached hydrogen (secondary N) is 1. The molecule has 1 N–H and O–H groups in total. The van der Waals surface area contributed by atoms with Crippen LogP contribution in [0.4, 0.5) is 0 Å². The first-order chi connectivity index (χ1) is 2.50. The highest BCUT2D eigenvalue weighted by Gasteiger charge is 1.81. The fourth-order valence-electron chi connectivity index (χ4n) is 0.186. The van der Waals surface area contributed by atoms with Gasteiger partial charge >= 0.3 is 0 Å². The molecule has 0 bridgehead atoms. The molecule has 3 nitrogen and oxygen atoms in total. The molecule has 1 rings (SSSR count). The number of aliphatic imine (C=N–C) groups is 1. The Kier molecular flexibility index (Phi) is 0.548. The highest BCUT2D eigenvalue weighted by Crippen LogP contribution is 1.71. The molecule has 0 aromatic heterocycles. The minimum atomic E-state index is 0.458. The van der Waals surface area contributed by atoms with Crippen LogP contribution in [0.15, 0.2) is 4.99 Å². The van der Waals surface area contributed by atoms with Gasteiger partial charge in [0, 0.05) is 0 Å². The molecule has 0 aliphatic carbocycles. The van der Waals surface area contributed by atoms with Crippen LogP contribution in [0.25, 0.3) is 0 Å². The van der Waals surface area contributed by atoms with Crippen molar-refractivity contribution < 1.29 is 4.84 Å². The molecule has 5 heavy (non-hydrogen) atoms. The number of hydrogen-bond acceptors (Lipinski definition) is 3. The monoisotopic (exact) mass is 72.0 g/mol.